The van der Waals surface area contributed by atoms with E-state index in [0.717, 1.165) is 128 Å². The van der Waals surface area contributed by atoms with Gasteiger partial charge in [0.25, 0.3) is 6.29 Å². The Hall–Kier alpha value is -5.09. The van der Waals surface area contributed by atoms with Gasteiger partial charge in [0, 0.05) is 12.8 Å². The minimum atomic E-state index is -1.52. The third-order valence-corrected chi connectivity index (χ3v) is 15.8. The van der Waals surface area contributed by atoms with Crippen LogP contribution in [0.5, 0.6) is 0 Å². The molecule has 0 saturated heterocycles. The summed E-state index contributed by atoms with van der Waals surface area (Å²) in [7, 11) is 5.97. The third kappa shape index (κ3) is 74.2. The number of likely N-dealkylation sites (N-methyl/N-ethyl adjacent to an activating group) is 1. The predicted octanol–water partition coefficient (Wildman–Crippen LogP) is 24.0. The van der Waals surface area contributed by atoms with Crippen LogP contribution in [-0.2, 0) is 33.3 Å². The van der Waals surface area contributed by atoms with Crippen LogP contribution in [0.15, 0.2) is 158 Å². The summed E-state index contributed by atoms with van der Waals surface area (Å²) in [4.78, 5) is 37.7. The monoisotopic (exact) mass is 1290 g/mol. The van der Waals surface area contributed by atoms with Gasteiger partial charge in [-0.25, -0.2) is 4.79 Å². The van der Waals surface area contributed by atoms with Crippen molar-refractivity contribution in [1.29, 1.82) is 0 Å². The molecule has 528 valence electrons. The fourth-order valence-corrected chi connectivity index (χ4v) is 10.1. The summed E-state index contributed by atoms with van der Waals surface area (Å²) in [5.41, 5.74) is 0. The van der Waals surface area contributed by atoms with Crippen molar-refractivity contribution in [1.82, 2.24) is 0 Å². The fourth-order valence-electron chi connectivity index (χ4n) is 10.1. The van der Waals surface area contributed by atoms with E-state index in [1.807, 2.05) is 21.1 Å². The first-order valence-electron chi connectivity index (χ1n) is 37.6. The second kappa shape index (κ2) is 72.7. The number of nitrogens with zero attached hydrogens (tertiary/aromatic N) is 1. The fraction of sp³-hybridized carbons (Fsp3) is 0.655. The molecule has 0 spiro atoms. The molecule has 0 rings (SSSR count). The number of esters is 2. The van der Waals surface area contributed by atoms with Crippen molar-refractivity contribution in [2.24, 2.45) is 0 Å². The molecule has 0 amide bonds. The van der Waals surface area contributed by atoms with Crippen LogP contribution in [0.25, 0.3) is 0 Å². The third-order valence-electron chi connectivity index (χ3n) is 15.8. The summed E-state index contributed by atoms with van der Waals surface area (Å²) in [5.74, 6) is -2.02. The van der Waals surface area contributed by atoms with Crippen molar-refractivity contribution in [2.75, 3.05) is 47.5 Å². The Kier molecular flexibility index (Phi) is 68.8. The number of aliphatic carboxylic acids is 1. The molecule has 0 fully saturated rings. The molecule has 0 bridgehead atoms. The van der Waals surface area contributed by atoms with Crippen molar-refractivity contribution >= 4 is 17.9 Å². The predicted molar refractivity (Wildman–Crippen MR) is 400 cm³/mol. The second-order valence-corrected chi connectivity index (χ2v) is 25.8. The van der Waals surface area contributed by atoms with E-state index >= 15 is 0 Å². The highest BCUT2D eigenvalue weighted by atomic mass is 16.7. The van der Waals surface area contributed by atoms with E-state index in [-0.39, 0.29) is 32.2 Å². The lowest BCUT2D eigenvalue weighted by Gasteiger charge is -2.25. The Labute approximate surface area is 572 Å². The molecule has 0 saturated carbocycles. The summed E-state index contributed by atoms with van der Waals surface area (Å²) < 4.78 is 23.0. The maximum atomic E-state index is 13.0. The number of allylic oxidation sites excluding steroid dienone is 26. The SMILES string of the molecule is CC/C=C\C/C=C\C/C=C\C/C=C\C/C=C\C/C=C\C/C=C\C/C=C\C/C=C\CCCCCCCCCC(=O)OC(COC(=O)CCCCCCCCCCCCCCCCCCCCCC/C=C\C/C=C\C/C=C\C/C=C\CC)COC(OCC[N+](C)(C)C)C(=O)O. The Morgan fingerprint density at radius 1 is 0.323 bits per heavy atom. The number of quaternary nitrogens is 1. The van der Waals surface area contributed by atoms with Gasteiger partial charge in [0.2, 0.25) is 0 Å². The Balaban J connectivity index is 4.14. The van der Waals surface area contributed by atoms with E-state index in [9.17, 15) is 19.5 Å². The van der Waals surface area contributed by atoms with Gasteiger partial charge in [-0.2, -0.15) is 0 Å². The minimum absolute atomic E-state index is 0.179. The van der Waals surface area contributed by atoms with Gasteiger partial charge >= 0.3 is 17.9 Å². The summed E-state index contributed by atoms with van der Waals surface area (Å²) in [5, 5.41) is 9.76. The van der Waals surface area contributed by atoms with Crippen molar-refractivity contribution < 1.29 is 42.9 Å². The molecule has 2 atom stereocenters. The first-order chi connectivity index (χ1) is 45.6. The van der Waals surface area contributed by atoms with E-state index in [0.29, 0.717) is 23.9 Å². The molecule has 93 heavy (non-hydrogen) atoms. The Morgan fingerprint density at radius 3 is 0.860 bits per heavy atom. The normalized spacial score (nSPS) is 13.6. The molecule has 2 unspecified atom stereocenters. The second-order valence-electron chi connectivity index (χ2n) is 25.8. The molecule has 0 aliphatic heterocycles. The zero-order valence-corrected chi connectivity index (χ0v) is 60.4. The van der Waals surface area contributed by atoms with Crippen molar-refractivity contribution in [3.8, 4) is 0 Å². The van der Waals surface area contributed by atoms with Crippen LogP contribution < -0.4 is 0 Å². The smallest absolute Gasteiger partial charge is 0.361 e. The average molecular weight is 1290 g/mol. The molecule has 0 aromatic heterocycles. The van der Waals surface area contributed by atoms with E-state index in [2.05, 4.69) is 172 Å². The summed E-state index contributed by atoms with van der Waals surface area (Å²) in [6.07, 6.45) is 105. The number of unbranched alkanes of at least 4 members (excludes halogenated alkanes) is 27. The van der Waals surface area contributed by atoms with Crippen molar-refractivity contribution in [3.63, 3.8) is 0 Å². The van der Waals surface area contributed by atoms with Crippen molar-refractivity contribution in [2.45, 2.75) is 309 Å². The highest BCUT2D eigenvalue weighted by molar-refractivity contribution is 5.71. The lowest BCUT2D eigenvalue weighted by Crippen LogP contribution is -2.40. The molecule has 9 heteroatoms. The lowest BCUT2D eigenvalue weighted by molar-refractivity contribution is -0.870. The largest absolute Gasteiger partial charge is 0.477 e. The van der Waals surface area contributed by atoms with E-state index in [1.165, 1.54) is 135 Å². The highest BCUT2D eigenvalue weighted by Crippen LogP contribution is 2.17. The van der Waals surface area contributed by atoms with Crippen LogP contribution in [0.1, 0.15) is 296 Å². The van der Waals surface area contributed by atoms with Gasteiger partial charge < -0.3 is 28.5 Å². The molecule has 0 radical (unpaired) electrons. The number of carbonyl (C=O) groups excluding carboxylic acids is 2. The van der Waals surface area contributed by atoms with Crippen LogP contribution in [0.3, 0.4) is 0 Å². The molecule has 9 nitrogen and oxygen atoms in total. The van der Waals surface area contributed by atoms with Gasteiger partial charge in [-0.15, -0.1) is 0 Å². The molecular formula is C84H140NO8+. The van der Waals surface area contributed by atoms with Crippen LogP contribution in [-0.4, -0.2) is 87.4 Å². The first-order valence-corrected chi connectivity index (χ1v) is 37.6. The summed E-state index contributed by atoms with van der Waals surface area (Å²) in [6.45, 7) is 4.65. The zero-order chi connectivity index (χ0) is 67.5. The number of ether oxygens (including phenoxy) is 4. The molecule has 0 aliphatic rings. The zero-order valence-electron chi connectivity index (χ0n) is 60.4. The lowest BCUT2D eigenvalue weighted by atomic mass is 10.0. The van der Waals surface area contributed by atoms with Gasteiger partial charge in [0.05, 0.1) is 34.4 Å². The maximum absolute atomic E-state index is 13.0. The van der Waals surface area contributed by atoms with Gasteiger partial charge in [0.15, 0.2) is 6.10 Å². The number of carbonyl (C=O) groups is 3. The summed E-state index contributed by atoms with van der Waals surface area (Å²) in [6, 6.07) is 0. The minimum Gasteiger partial charge on any atom is -0.477 e. The molecular weight excluding hydrogens is 1150 g/mol. The van der Waals surface area contributed by atoms with Gasteiger partial charge in [-0.3, -0.25) is 9.59 Å². The summed E-state index contributed by atoms with van der Waals surface area (Å²) >= 11 is 0. The van der Waals surface area contributed by atoms with E-state index in [4.69, 9.17) is 18.9 Å². The van der Waals surface area contributed by atoms with Crippen molar-refractivity contribution in [3.05, 3.63) is 158 Å². The number of hydrogen-bond acceptors (Lipinski definition) is 7. The Bertz CT molecular complexity index is 2090. The van der Waals surface area contributed by atoms with Gasteiger partial charge in [-0.05, 0) is 122 Å². The van der Waals surface area contributed by atoms with Crippen LogP contribution >= 0.6 is 0 Å². The standard InChI is InChI=1S/C84H139NO8/c1-6-8-10-12-14-16-18-20-22-24-26-28-30-32-34-36-38-40-41-43-45-47-49-51-53-55-57-59-61-63-65-67-69-71-73-75-82(87)93-80(79-92-84(83(88)89)90-77-76-85(3,4)5)78-91-81(86)74-72-70-68-66-64-62-60-58-56-54-52-50-48-46-44-42-39-37-35-33-31-29-27-25-23-21-19-17-15-13-11-9-7-2/h8-11,14-17,20-23,26-29,32,34,38,40,43,45,49,51,55,57,80,84H,6-7,12-13,18-19,24-25,30-31,33,35-37,39,41-42,44,46-48,50,52-54,56,58-79H2,1-5H3/p+1/b10-8-,11-9-,16-14-,17-15-,22-20-,23-21-,28-26-,29-27-,34-32-,40-38-,45-43-,51-49-,57-55-. The average Bonchev–Trinajstić information content (AvgIpc) is 3.74. The van der Waals surface area contributed by atoms with E-state index in [1.54, 1.807) is 0 Å². The highest BCUT2D eigenvalue weighted by Gasteiger charge is 2.25. The van der Waals surface area contributed by atoms with Gasteiger partial charge in [-0.1, -0.05) is 320 Å². The molecule has 0 aliphatic carbocycles. The molecule has 0 heterocycles. The number of carboxylic acids is 1. The number of rotatable bonds is 68. The van der Waals surface area contributed by atoms with E-state index < -0.39 is 24.3 Å². The first kappa shape index (κ1) is 87.9. The van der Waals surface area contributed by atoms with Crippen LogP contribution in [0.4, 0.5) is 0 Å². The Morgan fingerprint density at radius 2 is 0.581 bits per heavy atom. The van der Waals surface area contributed by atoms with Crippen LogP contribution in [0.2, 0.25) is 0 Å². The maximum Gasteiger partial charge on any atom is 0.361 e. The molecule has 1 N–H and O–H groups in total. The topological polar surface area (TPSA) is 108 Å². The molecule has 0 aromatic rings. The number of carboxylic acid groups (broad SMARTS) is 1. The van der Waals surface area contributed by atoms with Crippen LogP contribution in [0, 0.1) is 0 Å². The quantitative estimate of drug-likeness (QED) is 0.0211. The molecule has 0 aromatic carbocycles. The van der Waals surface area contributed by atoms with Gasteiger partial charge in [0.1, 0.15) is 13.2 Å². The number of hydrogen-bond donors (Lipinski definition) is 1.